The fourth-order valence-corrected chi connectivity index (χ4v) is 2.84. The molecule has 0 amide bonds. The molecule has 2 atom stereocenters. The molecular weight excluding hydrogens is 229 g/mol. The van der Waals surface area contributed by atoms with Crippen LogP contribution >= 0.6 is 0 Å². The van der Waals surface area contributed by atoms with Gasteiger partial charge in [0.25, 0.3) is 0 Å². The summed E-state index contributed by atoms with van der Waals surface area (Å²) < 4.78 is 13.1. The average Bonchev–Trinajstić information content (AvgIpc) is 2.35. The quantitative estimate of drug-likeness (QED) is 0.857. The maximum absolute atomic E-state index is 13.1. The zero-order valence-corrected chi connectivity index (χ0v) is 11.0. The van der Waals surface area contributed by atoms with Crippen molar-refractivity contribution in [2.24, 2.45) is 5.92 Å². The molecule has 0 saturated heterocycles. The summed E-state index contributed by atoms with van der Waals surface area (Å²) in [5.74, 6) is 0.459. The lowest BCUT2D eigenvalue weighted by atomic mass is 9.84. The van der Waals surface area contributed by atoms with Gasteiger partial charge >= 0.3 is 0 Å². The van der Waals surface area contributed by atoms with Crippen LogP contribution < -0.4 is 5.32 Å². The summed E-state index contributed by atoms with van der Waals surface area (Å²) in [5, 5.41) is 12.8. The highest BCUT2D eigenvalue weighted by molar-refractivity contribution is 5.28. The Morgan fingerprint density at radius 2 is 2.17 bits per heavy atom. The third kappa shape index (κ3) is 3.70. The highest BCUT2D eigenvalue weighted by Crippen LogP contribution is 2.26. The Kier molecular flexibility index (Phi) is 4.59. The SMILES string of the molecule is CCC1CCCC(NCc2cc(O)cc(F)c2)C1. The van der Waals surface area contributed by atoms with Crippen molar-refractivity contribution in [3.05, 3.63) is 29.6 Å². The summed E-state index contributed by atoms with van der Waals surface area (Å²) in [6.07, 6.45) is 6.30. The highest BCUT2D eigenvalue weighted by atomic mass is 19.1. The van der Waals surface area contributed by atoms with Gasteiger partial charge in [0.2, 0.25) is 0 Å². The molecule has 0 radical (unpaired) electrons. The van der Waals surface area contributed by atoms with Gasteiger partial charge in [0.15, 0.2) is 0 Å². The standard InChI is InChI=1S/C15H22FNO/c1-2-11-4-3-5-14(7-11)17-10-12-6-13(16)9-15(18)8-12/h6,8-9,11,14,17-18H,2-5,7,10H2,1H3. The Bertz CT molecular complexity index is 374. The van der Waals surface area contributed by atoms with E-state index in [1.165, 1.54) is 38.2 Å². The molecule has 0 bridgehead atoms. The van der Waals surface area contributed by atoms with Crippen LogP contribution in [0.2, 0.25) is 0 Å². The predicted octanol–water partition coefficient (Wildman–Crippen LogP) is 3.59. The molecule has 1 aliphatic carbocycles. The van der Waals surface area contributed by atoms with Crippen molar-refractivity contribution < 1.29 is 9.50 Å². The number of phenolic OH excluding ortho intramolecular Hbond substituents is 1. The summed E-state index contributed by atoms with van der Waals surface area (Å²) in [6, 6.07) is 4.77. The summed E-state index contributed by atoms with van der Waals surface area (Å²) in [4.78, 5) is 0. The third-order valence-electron chi connectivity index (χ3n) is 3.90. The Morgan fingerprint density at radius 1 is 1.33 bits per heavy atom. The van der Waals surface area contributed by atoms with E-state index in [2.05, 4.69) is 12.2 Å². The molecule has 3 heteroatoms. The first kappa shape index (κ1) is 13.3. The van der Waals surface area contributed by atoms with Gasteiger partial charge < -0.3 is 10.4 Å². The van der Waals surface area contributed by atoms with E-state index in [1.54, 1.807) is 6.07 Å². The number of halogens is 1. The maximum Gasteiger partial charge on any atom is 0.127 e. The first-order chi connectivity index (χ1) is 8.67. The van der Waals surface area contributed by atoms with E-state index in [-0.39, 0.29) is 11.6 Å². The van der Waals surface area contributed by atoms with Gasteiger partial charge in [0.1, 0.15) is 11.6 Å². The molecule has 2 N–H and O–H groups in total. The van der Waals surface area contributed by atoms with E-state index >= 15 is 0 Å². The number of hydrogen-bond acceptors (Lipinski definition) is 2. The molecule has 0 spiro atoms. The molecule has 2 unspecified atom stereocenters. The van der Waals surface area contributed by atoms with Crippen molar-refractivity contribution in [3.63, 3.8) is 0 Å². The largest absolute Gasteiger partial charge is 0.508 e. The number of nitrogens with one attached hydrogen (secondary N) is 1. The van der Waals surface area contributed by atoms with E-state index in [9.17, 15) is 9.50 Å². The Balaban J connectivity index is 1.87. The summed E-state index contributed by atoms with van der Waals surface area (Å²) in [5.41, 5.74) is 0.811. The zero-order chi connectivity index (χ0) is 13.0. The molecular formula is C15H22FNO. The first-order valence-corrected chi connectivity index (χ1v) is 6.89. The van der Waals surface area contributed by atoms with Crippen LogP contribution in [0, 0.1) is 11.7 Å². The summed E-state index contributed by atoms with van der Waals surface area (Å²) >= 11 is 0. The topological polar surface area (TPSA) is 32.3 Å². The van der Waals surface area contributed by atoms with Gasteiger partial charge in [0, 0.05) is 18.7 Å². The molecule has 100 valence electrons. The number of hydrogen-bond donors (Lipinski definition) is 2. The zero-order valence-electron chi connectivity index (χ0n) is 11.0. The lowest BCUT2D eigenvalue weighted by Crippen LogP contribution is -2.33. The minimum atomic E-state index is -0.373. The molecule has 0 heterocycles. The number of phenols is 1. The van der Waals surface area contributed by atoms with Crippen molar-refractivity contribution in [1.82, 2.24) is 5.32 Å². The molecule has 2 nitrogen and oxygen atoms in total. The van der Waals surface area contributed by atoms with Crippen LogP contribution in [0.15, 0.2) is 18.2 Å². The normalized spacial score (nSPS) is 24.1. The van der Waals surface area contributed by atoms with Crippen LogP contribution in [0.1, 0.15) is 44.6 Å². The Labute approximate surface area is 108 Å². The second kappa shape index (κ2) is 6.19. The lowest BCUT2D eigenvalue weighted by molar-refractivity contribution is 0.278. The van der Waals surface area contributed by atoms with E-state index in [4.69, 9.17) is 0 Å². The molecule has 2 rings (SSSR count). The van der Waals surface area contributed by atoms with Crippen LogP contribution in [0.5, 0.6) is 5.75 Å². The third-order valence-corrected chi connectivity index (χ3v) is 3.90. The molecule has 1 aliphatic rings. The second-order valence-electron chi connectivity index (χ2n) is 5.34. The minimum absolute atomic E-state index is 0.00174. The monoisotopic (exact) mass is 251 g/mol. The molecule has 1 aromatic carbocycles. The predicted molar refractivity (Wildman–Crippen MR) is 70.9 cm³/mol. The van der Waals surface area contributed by atoms with Crippen LogP contribution in [0.25, 0.3) is 0 Å². The van der Waals surface area contributed by atoms with Crippen molar-refractivity contribution in [1.29, 1.82) is 0 Å². The van der Waals surface area contributed by atoms with E-state index in [0.717, 1.165) is 17.5 Å². The Hall–Kier alpha value is -1.09. The van der Waals surface area contributed by atoms with E-state index in [1.807, 2.05) is 0 Å². The average molecular weight is 251 g/mol. The van der Waals surface area contributed by atoms with E-state index in [0.29, 0.717) is 12.6 Å². The van der Waals surface area contributed by atoms with Gasteiger partial charge in [-0.15, -0.1) is 0 Å². The maximum atomic E-state index is 13.1. The van der Waals surface area contributed by atoms with Crippen LogP contribution in [-0.4, -0.2) is 11.1 Å². The van der Waals surface area contributed by atoms with Crippen molar-refractivity contribution in [3.8, 4) is 5.75 Å². The van der Waals surface area contributed by atoms with Crippen LogP contribution in [0.3, 0.4) is 0 Å². The number of rotatable bonds is 4. The van der Waals surface area contributed by atoms with Crippen LogP contribution in [-0.2, 0) is 6.54 Å². The van der Waals surface area contributed by atoms with Gasteiger partial charge in [-0.25, -0.2) is 4.39 Å². The smallest absolute Gasteiger partial charge is 0.127 e. The van der Waals surface area contributed by atoms with Gasteiger partial charge in [0.05, 0.1) is 0 Å². The molecule has 1 fully saturated rings. The van der Waals surface area contributed by atoms with Crippen molar-refractivity contribution >= 4 is 0 Å². The van der Waals surface area contributed by atoms with Gasteiger partial charge in [-0.2, -0.15) is 0 Å². The summed E-state index contributed by atoms with van der Waals surface area (Å²) in [7, 11) is 0. The highest BCUT2D eigenvalue weighted by Gasteiger charge is 2.20. The summed E-state index contributed by atoms with van der Waals surface area (Å²) in [6.45, 7) is 2.88. The molecule has 18 heavy (non-hydrogen) atoms. The van der Waals surface area contributed by atoms with Gasteiger partial charge in [-0.1, -0.05) is 26.2 Å². The molecule has 0 aliphatic heterocycles. The molecule has 1 aromatic rings. The van der Waals surface area contributed by atoms with Crippen molar-refractivity contribution in [2.75, 3.05) is 0 Å². The molecule has 0 aromatic heterocycles. The lowest BCUT2D eigenvalue weighted by Gasteiger charge is -2.29. The fraction of sp³-hybridized carbons (Fsp3) is 0.600. The fourth-order valence-electron chi connectivity index (χ4n) is 2.84. The van der Waals surface area contributed by atoms with Crippen molar-refractivity contribution in [2.45, 2.75) is 51.6 Å². The van der Waals surface area contributed by atoms with Crippen LogP contribution in [0.4, 0.5) is 4.39 Å². The van der Waals surface area contributed by atoms with Gasteiger partial charge in [-0.3, -0.25) is 0 Å². The second-order valence-corrected chi connectivity index (χ2v) is 5.34. The van der Waals surface area contributed by atoms with Gasteiger partial charge in [-0.05, 0) is 36.5 Å². The molecule has 1 saturated carbocycles. The minimum Gasteiger partial charge on any atom is -0.508 e. The first-order valence-electron chi connectivity index (χ1n) is 6.89. The number of benzene rings is 1. The number of aromatic hydroxyl groups is 1. The Morgan fingerprint density at radius 3 is 2.89 bits per heavy atom. The van der Waals surface area contributed by atoms with E-state index < -0.39 is 0 Å².